The molecule has 0 aliphatic carbocycles. The third-order valence-electron chi connectivity index (χ3n) is 3.52. The SMILES string of the molecule is CC1CC(CNCCN2CCCC2)CO1. The smallest absolute Gasteiger partial charge is 0.0551 e. The highest BCUT2D eigenvalue weighted by molar-refractivity contribution is 4.73. The van der Waals surface area contributed by atoms with Gasteiger partial charge in [0.25, 0.3) is 0 Å². The summed E-state index contributed by atoms with van der Waals surface area (Å²) >= 11 is 0. The van der Waals surface area contributed by atoms with Crippen molar-refractivity contribution in [1.29, 1.82) is 0 Å². The molecule has 0 aromatic carbocycles. The van der Waals surface area contributed by atoms with Crippen LogP contribution in [-0.4, -0.2) is 50.3 Å². The highest BCUT2D eigenvalue weighted by Crippen LogP contribution is 2.17. The Morgan fingerprint density at radius 2 is 2.13 bits per heavy atom. The van der Waals surface area contributed by atoms with Gasteiger partial charge in [-0.25, -0.2) is 0 Å². The average molecular weight is 212 g/mol. The molecule has 1 N–H and O–H groups in total. The largest absolute Gasteiger partial charge is 0.378 e. The van der Waals surface area contributed by atoms with Crippen molar-refractivity contribution in [1.82, 2.24) is 10.2 Å². The maximum atomic E-state index is 5.55. The molecule has 0 bridgehead atoms. The van der Waals surface area contributed by atoms with E-state index in [1.165, 1.54) is 38.9 Å². The number of nitrogens with zero attached hydrogens (tertiary/aromatic N) is 1. The van der Waals surface area contributed by atoms with Crippen LogP contribution in [0.3, 0.4) is 0 Å². The van der Waals surface area contributed by atoms with Gasteiger partial charge in [0, 0.05) is 19.6 Å². The van der Waals surface area contributed by atoms with Crippen molar-refractivity contribution >= 4 is 0 Å². The fourth-order valence-corrected chi connectivity index (χ4v) is 2.60. The Hall–Kier alpha value is -0.120. The summed E-state index contributed by atoms with van der Waals surface area (Å²) in [6.07, 6.45) is 4.51. The second kappa shape index (κ2) is 5.83. The van der Waals surface area contributed by atoms with E-state index in [-0.39, 0.29) is 0 Å². The maximum Gasteiger partial charge on any atom is 0.0551 e. The summed E-state index contributed by atoms with van der Waals surface area (Å²) in [6, 6.07) is 0. The first-order chi connectivity index (χ1) is 7.34. The molecular weight excluding hydrogens is 188 g/mol. The molecule has 2 saturated heterocycles. The minimum atomic E-state index is 0.482. The summed E-state index contributed by atoms with van der Waals surface area (Å²) in [5.74, 6) is 0.749. The lowest BCUT2D eigenvalue weighted by Gasteiger charge is -2.15. The lowest BCUT2D eigenvalue weighted by atomic mass is 10.1. The Balaban J connectivity index is 1.48. The van der Waals surface area contributed by atoms with Gasteiger partial charge >= 0.3 is 0 Å². The van der Waals surface area contributed by atoms with Crippen LogP contribution in [0.5, 0.6) is 0 Å². The molecule has 2 heterocycles. The fraction of sp³-hybridized carbons (Fsp3) is 1.00. The molecule has 2 fully saturated rings. The Morgan fingerprint density at radius 1 is 1.33 bits per heavy atom. The van der Waals surface area contributed by atoms with E-state index in [9.17, 15) is 0 Å². The van der Waals surface area contributed by atoms with Gasteiger partial charge in [-0.15, -0.1) is 0 Å². The van der Waals surface area contributed by atoms with E-state index in [0.717, 1.165) is 25.6 Å². The molecule has 2 atom stereocenters. The van der Waals surface area contributed by atoms with E-state index in [0.29, 0.717) is 6.10 Å². The minimum Gasteiger partial charge on any atom is -0.378 e. The first-order valence-electron chi connectivity index (χ1n) is 6.39. The van der Waals surface area contributed by atoms with Gasteiger partial charge in [-0.3, -0.25) is 0 Å². The zero-order chi connectivity index (χ0) is 10.5. The summed E-state index contributed by atoms with van der Waals surface area (Å²) in [6.45, 7) is 9.25. The second-order valence-electron chi connectivity index (χ2n) is 5.00. The van der Waals surface area contributed by atoms with Crippen LogP contribution in [0.2, 0.25) is 0 Å². The predicted octanol–water partition coefficient (Wildman–Crippen LogP) is 1.10. The molecule has 0 saturated carbocycles. The van der Waals surface area contributed by atoms with Crippen LogP contribution in [0.15, 0.2) is 0 Å². The third kappa shape index (κ3) is 3.74. The van der Waals surface area contributed by atoms with Crippen molar-refractivity contribution in [2.45, 2.75) is 32.3 Å². The van der Waals surface area contributed by atoms with E-state index >= 15 is 0 Å². The molecule has 0 radical (unpaired) electrons. The van der Waals surface area contributed by atoms with E-state index in [1.807, 2.05) is 0 Å². The van der Waals surface area contributed by atoms with E-state index in [2.05, 4.69) is 17.1 Å². The molecule has 0 aromatic heterocycles. The molecule has 88 valence electrons. The highest BCUT2D eigenvalue weighted by Gasteiger charge is 2.21. The lowest BCUT2D eigenvalue weighted by molar-refractivity contribution is 0.120. The van der Waals surface area contributed by atoms with Crippen LogP contribution in [0.25, 0.3) is 0 Å². The topological polar surface area (TPSA) is 24.5 Å². The van der Waals surface area contributed by atoms with Gasteiger partial charge in [0.15, 0.2) is 0 Å². The summed E-state index contributed by atoms with van der Waals surface area (Å²) in [5.41, 5.74) is 0. The van der Waals surface area contributed by atoms with Crippen LogP contribution < -0.4 is 5.32 Å². The Morgan fingerprint density at radius 3 is 2.80 bits per heavy atom. The molecule has 0 spiro atoms. The Kier molecular flexibility index (Phi) is 4.42. The van der Waals surface area contributed by atoms with Gasteiger partial charge in [0.05, 0.1) is 12.7 Å². The van der Waals surface area contributed by atoms with Crippen LogP contribution in [-0.2, 0) is 4.74 Å². The van der Waals surface area contributed by atoms with Crippen molar-refractivity contribution in [3.05, 3.63) is 0 Å². The van der Waals surface area contributed by atoms with Crippen molar-refractivity contribution < 1.29 is 4.74 Å². The average Bonchev–Trinajstić information content (AvgIpc) is 2.84. The number of nitrogens with one attached hydrogen (secondary N) is 1. The van der Waals surface area contributed by atoms with Gasteiger partial charge in [0.2, 0.25) is 0 Å². The fourth-order valence-electron chi connectivity index (χ4n) is 2.60. The molecular formula is C12H24N2O. The predicted molar refractivity (Wildman–Crippen MR) is 62.1 cm³/mol. The summed E-state index contributed by atoms with van der Waals surface area (Å²) < 4.78 is 5.55. The van der Waals surface area contributed by atoms with Gasteiger partial charge in [-0.1, -0.05) is 0 Å². The molecule has 3 nitrogen and oxygen atoms in total. The number of hydrogen-bond donors (Lipinski definition) is 1. The number of likely N-dealkylation sites (tertiary alicyclic amines) is 1. The van der Waals surface area contributed by atoms with Crippen molar-refractivity contribution in [3.63, 3.8) is 0 Å². The molecule has 2 aliphatic heterocycles. The number of hydrogen-bond acceptors (Lipinski definition) is 3. The number of rotatable bonds is 5. The van der Waals surface area contributed by atoms with Gasteiger partial charge in [0.1, 0.15) is 0 Å². The van der Waals surface area contributed by atoms with Crippen LogP contribution in [0, 0.1) is 5.92 Å². The molecule has 3 heteroatoms. The molecule has 2 aliphatic rings. The Labute approximate surface area is 93.2 Å². The van der Waals surface area contributed by atoms with E-state index in [1.54, 1.807) is 0 Å². The molecule has 0 amide bonds. The van der Waals surface area contributed by atoms with E-state index in [4.69, 9.17) is 4.74 Å². The molecule has 2 rings (SSSR count). The highest BCUT2D eigenvalue weighted by atomic mass is 16.5. The van der Waals surface area contributed by atoms with E-state index < -0.39 is 0 Å². The second-order valence-corrected chi connectivity index (χ2v) is 5.00. The van der Waals surface area contributed by atoms with Crippen molar-refractivity contribution in [3.8, 4) is 0 Å². The maximum absolute atomic E-state index is 5.55. The zero-order valence-corrected chi connectivity index (χ0v) is 9.87. The summed E-state index contributed by atoms with van der Waals surface area (Å²) in [7, 11) is 0. The normalized spacial score (nSPS) is 32.6. The summed E-state index contributed by atoms with van der Waals surface area (Å²) in [5, 5.41) is 3.55. The molecule has 0 aromatic rings. The standard InChI is InChI=1S/C12H24N2O/c1-11-8-12(10-15-11)9-13-4-7-14-5-2-3-6-14/h11-13H,2-10H2,1H3. The minimum absolute atomic E-state index is 0.482. The lowest BCUT2D eigenvalue weighted by Crippen LogP contribution is -2.32. The van der Waals surface area contributed by atoms with Gasteiger partial charge < -0.3 is 15.0 Å². The van der Waals surface area contributed by atoms with Crippen LogP contribution in [0.1, 0.15) is 26.2 Å². The molecule has 2 unspecified atom stereocenters. The first-order valence-corrected chi connectivity index (χ1v) is 6.39. The summed E-state index contributed by atoms with van der Waals surface area (Å²) in [4.78, 5) is 2.56. The van der Waals surface area contributed by atoms with Crippen LogP contribution >= 0.6 is 0 Å². The quantitative estimate of drug-likeness (QED) is 0.691. The molecule has 15 heavy (non-hydrogen) atoms. The zero-order valence-electron chi connectivity index (χ0n) is 9.87. The first kappa shape index (κ1) is 11.4. The third-order valence-corrected chi connectivity index (χ3v) is 3.52. The van der Waals surface area contributed by atoms with Crippen molar-refractivity contribution in [2.24, 2.45) is 5.92 Å². The van der Waals surface area contributed by atoms with Crippen molar-refractivity contribution in [2.75, 3.05) is 39.3 Å². The van der Waals surface area contributed by atoms with Crippen LogP contribution in [0.4, 0.5) is 0 Å². The number of ether oxygens (including phenoxy) is 1. The van der Waals surface area contributed by atoms with Gasteiger partial charge in [-0.05, 0) is 45.2 Å². The monoisotopic (exact) mass is 212 g/mol. The van der Waals surface area contributed by atoms with Gasteiger partial charge in [-0.2, -0.15) is 0 Å². The Bertz CT molecular complexity index is 180.